The molecule has 6 N–H and O–H groups in total. The quantitative estimate of drug-likeness (QED) is 0.768. The zero-order chi connectivity index (χ0) is 15.9. The maximum absolute atomic E-state index is 11.5. The van der Waals surface area contributed by atoms with Gasteiger partial charge in [-0.15, -0.1) is 0 Å². The van der Waals surface area contributed by atoms with Crippen LogP contribution >= 0.6 is 23.2 Å². The fourth-order valence-corrected chi connectivity index (χ4v) is 3.22. The third-order valence-electron chi connectivity index (χ3n) is 2.68. The van der Waals surface area contributed by atoms with Gasteiger partial charge in [-0.2, -0.15) is 5.10 Å². The maximum Gasteiger partial charge on any atom is 0.270 e. The summed E-state index contributed by atoms with van der Waals surface area (Å²) in [5.41, 5.74) is 11.8. The van der Waals surface area contributed by atoms with Crippen molar-refractivity contribution in [1.82, 2.24) is 9.78 Å². The second-order valence-electron chi connectivity index (χ2n) is 4.21. The Morgan fingerprint density at radius 2 is 1.86 bits per heavy atom. The van der Waals surface area contributed by atoms with Gasteiger partial charge in [0, 0.05) is 0 Å². The smallest absolute Gasteiger partial charge is 0.270 e. The van der Waals surface area contributed by atoms with E-state index in [2.05, 4.69) is 5.10 Å². The average Bonchev–Trinajstić information content (AvgIpc) is 2.66. The number of benzene rings is 1. The van der Waals surface area contributed by atoms with Crippen LogP contribution in [0.4, 0.5) is 5.82 Å². The number of amides is 1. The number of rotatable bonds is 3. The summed E-state index contributed by atoms with van der Waals surface area (Å²) in [4.78, 5) is 11.2. The Balaban J connectivity index is 2.80. The Kier molecular flexibility index (Phi) is 4.24. The number of aromatic nitrogens is 2. The van der Waals surface area contributed by atoms with Crippen LogP contribution in [0, 0.1) is 6.92 Å². The molecule has 1 heterocycles. The summed E-state index contributed by atoms with van der Waals surface area (Å²) >= 11 is 12.3. The number of anilines is 1. The lowest BCUT2D eigenvalue weighted by atomic mass is 10.2. The molecule has 1 unspecified atom stereocenters. The third kappa shape index (κ3) is 2.75. The molecule has 0 aliphatic heterocycles. The van der Waals surface area contributed by atoms with E-state index < -0.39 is 16.9 Å². The number of carbonyl (C=O) groups is 1. The number of aryl methyl sites for hydroxylation is 1. The first-order valence-electron chi connectivity index (χ1n) is 5.54. The average molecular weight is 348 g/mol. The number of hydrogen-bond donors (Lipinski definition) is 3. The van der Waals surface area contributed by atoms with Gasteiger partial charge in [0.15, 0.2) is 5.69 Å². The van der Waals surface area contributed by atoms with E-state index in [9.17, 15) is 9.00 Å². The molecule has 112 valence electrons. The van der Waals surface area contributed by atoms with Crippen molar-refractivity contribution >= 4 is 45.9 Å². The molecule has 0 radical (unpaired) electrons. The predicted octanol–water partition coefficient (Wildman–Crippen LogP) is 1.15. The summed E-state index contributed by atoms with van der Waals surface area (Å²) in [7, 11) is -2.04. The zero-order valence-electron chi connectivity index (χ0n) is 10.8. The number of nitrogens with two attached hydrogens (primary N) is 3. The zero-order valence-corrected chi connectivity index (χ0v) is 13.1. The van der Waals surface area contributed by atoms with Crippen LogP contribution in [0.1, 0.15) is 16.1 Å². The second kappa shape index (κ2) is 5.64. The molecule has 0 spiro atoms. The maximum atomic E-state index is 11.5. The highest BCUT2D eigenvalue weighted by Crippen LogP contribution is 2.33. The van der Waals surface area contributed by atoms with Gasteiger partial charge in [0.25, 0.3) is 5.91 Å². The van der Waals surface area contributed by atoms with E-state index in [0.29, 0.717) is 0 Å². The molecule has 0 bridgehead atoms. The topological polar surface area (TPSA) is 130 Å². The highest BCUT2D eigenvalue weighted by Gasteiger charge is 2.25. The molecule has 1 atom stereocenters. The van der Waals surface area contributed by atoms with Crippen LogP contribution in [0.5, 0.6) is 0 Å². The minimum Gasteiger partial charge on any atom is -0.383 e. The van der Waals surface area contributed by atoms with Crippen LogP contribution < -0.4 is 16.6 Å². The monoisotopic (exact) mass is 347 g/mol. The van der Waals surface area contributed by atoms with E-state index in [1.807, 2.05) is 6.92 Å². The lowest BCUT2D eigenvalue weighted by molar-refractivity contribution is 0.0992. The molecule has 21 heavy (non-hydrogen) atoms. The molecule has 1 amide bonds. The Bertz CT molecular complexity index is 751. The molecule has 0 aliphatic carbocycles. The predicted molar refractivity (Wildman–Crippen MR) is 81.8 cm³/mol. The van der Waals surface area contributed by atoms with E-state index in [4.69, 9.17) is 39.8 Å². The van der Waals surface area contributed by atoms with Gasteiger partial charge >= 0.3 is 0 Å². The van der Waals surface area contributed by atoms with Gasteiger partial charge in [0.1, 0.15) is 27.4 Å². The molecule has 10 heteroatoms. The minimum atomic E-state index is -2.04. The first kappa shape index (κ1) is 15.8. The lowest BCUT2D eigenvalue weighted by Crippen LogP contribution is -2.16. The van der Waals surface area contributed by atoms with Gasteiger partial charge in [0.2, 0.25) is 0 Å². The van der Waals surface area contributed by atoms with Crippen LogP contribution in [0.3, 0.4) is 0 Å². The van der Waals surface area contributed by atoms with Gasteiger partial charge in [0.05, 0.1) is 10.0 Å². The van der Waals surface area contributed by atoms with Gasteiger partial charge in [-0.25, -0.2) is 14.0 Å². The summed E-state index contributed by atoms with van der Waals surface area (Å²) in [6.45, 7) is 1.81. The Labute approximate surface area is 132 Å². The van der Waals surface area contributed by atoms with Crippen LogP contribution in [-0.2, 0) is 11.0 Å². The summed E-state index contributed by atoms with van der Waals surface area (Å²) < 4.78 is 12.6. The summed E-state index contributed by atoms with van der Waals surface area (Å²) in [6.07, 6.45) is 0. The molecule has 1 aromatic heterocycles. The van der Waals surface area contributed by atoms with Crippen molar-refractivity contribution < 1.29 is 9.00 Å². The molecule has 2 rings (SSSR count). The Morgan fingerprint density at radius 1 is 1.33 bits per heavy atom. The van der Waals surface area contributed by atoms with E-state index in [-0.39, 0.29) is 32.1 Å². The summed E-state index contributed by atoms with van der Waals surface area (Å²) in [6, 6.07) is 3.29. The molecular weight excluding hydrogens is 337 g/mol. The summed E-state index contributed by atoms with van der Waals surface area (Å²) in [5, 5.41) is 9.76. The lowest BCUT2D eigenvalue weighted by Gasteiger charge is -2.10. The SMILES string of the molecule is Cc1cc(Cl)c(-n2nc(C(N)=O)c(S(N)=O)c2N)c(Cl)c1. The van der Waals surface area contributed by atoms with Crippen LogP contribution in [0.15, 0.2) is 17.0 Å². The molecule has 7 nitrogen and oxygen atoms in total. The van der Waals surface area contributed by atoms with Crippen LogP contribution in [0.25, 0.3) is 5.69 Å². The first-order chi connectivity index (χ1) is 9.73. The number of halogens is 2. The van der Waals surface area contributed by atoms with Gasteiger partial charge < -0.3 is 11.5 Å². The standard InChI is InChI=1S/C11H11Cl2N5O2S/c1-4-2-5(12)8(6(13)3-4)18-10(14)9(21(16)20)7(17-18)11(15)19/h2-3H,14,16H2,1H3,(H2,15,19). The van der Waals surface area contributed by atoms with Gasteiger partial charge in [-0.3, -0.25) is 4.79 Å². The number of nitrogens with zero attached hydrogens (tertiary/aromatic N) is 2. The number of primary amides is 1. The second-order valence-corrected chi connectivity index (χ2v) is 6.03. The number of carbonyl (C=O) groups excluding carboxylic acids is 1. The molecular formula is C11H11Cl2N5O2S. The van der Waals surface area contributed by atoms with Gasteiger partial charge in [-0.1, -0.05) is 23.2 Å². The first-order valence-corrected chi connectivity index (χ1v) is 7.51. The normalized spacial score (nSPS) is 12.4. The fraction of sp³-hybridized carbons (Fsp3) is 0.0909. The highest BCUT2D eigenvalue weighted by atomic mass is 35.5. The molecule has 1 aromatic carbocycles. The van der Waals surface area contributed by atoms with Gasteiger partial charge in [-0.05, 0) is 24.6 Å². The summed E-state index contributed by atoms with van der Waals surface area (Å²) in [5.74, 6) is -1.02. The van der Waals surface area contributed by atoms with Crippen molar-refractivity contribution in [2.24, 2.45) is 10.9 Å². The number of hydrogen-bond acceptors (Lipinski definition) is 4. The highest BCUT2D eigenvalue weighted by molar-refractivity contribution is 7.83. The molecule has 0 saturated heterocycles. The van der Waals surface area contributed by atoms with E-state index in [1.165, 1.54) is 0 Å². The van der Waals surface area contributed by atoms with E-state index >= 15 is 0 Å². The van der Waals surface area contributed by atoms with Crippen molar-refractivity contribution in [3.05, 3.63) is 33.4 Å². The molecule has 0 aliphatic rings. The minimum absolute atomic E-state index is 0.114. The van der Waals surface area contributed by atoms with Crippen LogP contribution in [-0.4, -0.2) is 19.9 Å². The Morgan fingerprint density at radius 3 is 2.24 bits per heavy atom. The molecule has 2 aromatic rings. The molecule has 0 saturated carbocycles. The van der Waals surface area contributed by atoms with Crippen molar-refractivity contribution in [3.63, 3.8) is 0 Å². The van der Waals surface area contributed by atoms with Crippen molar-refractivity contribution in [3.8, 4) is 5.69 Å². The fourth-order valence-electron chi connectivity index (χ4n) is 1.84. The Hall–Kier alpha value is -1.61. The van der Waals surface area contributed by atoms with Crippen molar-refractivity contribution in [2.45, 2.75) is 11.8 Å². The van der Waals surface area contributed by atoms with Crippen LogP contribution in [0.2, 0.25) is 10.0 Å². The number of nitrogen functional groups attached to an aromatic ring is 1. The van der Waals surface area contributed by atoms with Crippen molar-refractivity contribution in [1.29, 1.82) is 0 Å². The van der Waals surface area contributed by atoms with Crippen molar-refractivity contribution in [2.75, 3.05) is 5.73 Å². The molecule has 0 fully saturated rings. The largest absolute Gasteiger partial charge is 0.383 e. The third-order valence-corrected chi connectivity index (χ3v) is 4.06. The van der Waals surface area contributed by atoms with E-state index in [0.717, 1.165) is 10.2 Å². The van der Waals surface area contributed by atoms with E-state index in [1.54, 1.807) is 12.1 Å².